The van der Waals surface area contributed by atoms with Gasteiger partial charge in [0.25, 0.3) is 0 Å². The Kier molecular flexibility index (Phi) is 2.62. The van der Waals surface area contributed by atoms with Gasteiger partial charge in [0.2, 0.25) is 0 Å². The summed E-state index contributed by atoms with van der Waals surface area (Å²) in [5, 5.41) is 0. The molecule has 2 nitrogen and oxygen atoms in total. The van der Waals surface area contributed by atoms with Gasteiger partial charge in [-0.05, 0) is 49.8 Å². The third-order valence-electron chi connectivity index (χ3n) is 4.29. The fourth-order valence-electron chi connectivity index (χ4n) is 3.11. The molecule has 92 valence electrons. The van der Waals surface area contributed by atoms with Crippen LogP contribution in [0.3, 0.4) is 0 Å². The first-order valence-electron chi connectivity index (χ1n) is 6.76. The molecule has 1 aromatic carbocycles. The number of rotatable bonds is 1. The van der Waals surface area contributed by atoms with Crippen LogP contribution in [0.4, 0.5) is 0 Å². The zero-order valence-corrected chi connectivity index (χ0v) is 10.5. The van der Waals surface area contributed by atoms with Gasteiger partial charge in [0.05, 0.1) is 6.10 Å². The number of aryl methyl sites for hydroxylation is 1. The van der Waals surface area contributed by atoms with E-state index in [0.29, 0.717) is 6.10 Å². The van der Waals surface area contributed by atoms with Crippen molar-refractivity contribution in [1.82, 2.24) is 0 Å². The maximum Gasteiger partial charge on any atom is 0.123 e. The van der Waals surface area contributed by atoms with Crippen molar-refractivity contribution in [2.24, 2.45) is 5.73 Å². The van der Waals surface area contributed by atoms with E-state index < -0.39 is 0 Å². The van der Waals surface area contributed by atoms with Crippen LogP contribution in [0, 0.1) is 0 Å². The molecule has 1 aliphatic carbocycles. The van der Waals surface area contributed by atoms with Gasteiger partial charge in [-0.3, -0.25) is 0 Å². The maximum atomic E-state index is 6.49. The summed E-state index contributed by atoms with van der Waals surface area (Å²) in [6.07, 6.45) is 7.34. The van der Waals surface area contributed by atoms with Gasteiger partial charge in [0, 0.05) is 5.54 Å². The average molecular weight is 231 g/mol. The van der Waals surface area contributed by atoms with Gasteiger partial charge in [-0.1, -0.05) is 25.0 Å². The lowest BCUT2D eigenvalue weighted by Crippen LogP contribution is -2.33. The standard InChI is InChI=1S/C15H21NO/c1-11-4-5-12-6-7-13(10-14(12)17-11)15(16)8-2-3-9-15/h6-7,10-11H,2-5,8-9,16H2,1H3. The summed E-state index contributed by atoms with van der Waals surface area (Å²) < 4.78 is 5.92. The summed E-state index contributed by atoms with van der Waals surface area (Å²) in [4.78, 5) is 0. The average Bonchev–Trinajstić information content (AvgIpc) is 2.76. The first kappa shape index (κ1) is 11.1. The summed E-state index contributed by atoms with van der Waals surface area (Å²) in [6.45, 7) is 2.14. The monoisotopic (exact) mass is 231 g/mol. The molecule has 1 aromatic rings. The van der Waals surface area contributed by atoms with Gasteiger partial charge in [-0.25, -0.2) is 0 Å². The van der Waals surface area contributed by atoms with Crippen LogP contribution in [0.5, 0.6) is 5.75 Å². The molecule has 0 amide bonds. The summed E-state index contributed by atoms with van der Waals surface area (Å²) in [7, 11) is 0. The van der Waals surface area contributed by atoms with Crippen LogP contribution in [-0.2, 0) is 12.0 Å². The minimum atomic E-state index is -0.0981. The lowest BCUT2D eigenvalue weighted by Gasteiger charge is -2.28. The Morgan fingerprint density at radius 3 is 2.82 bits per heavy atom. The number of fused-ring (bicyclic) bond motifs is 1. The molecule has 2 N–H and O–H groups in total. The van der Waals surface area contributed by atoms with Crippen LogP contribution >= 0.6 is 0 Å². The second kappa shape index (κ2) is 4.02. The van der Waals surface area contributed by atoms with Gasteiger partial charge in [-0.15, -0.1) is 0 Å². The topological polar surface area (TPSA) is 35.2 Å². The predicted octanol–water partition coefficient (Wildman–Crippen LogP) is 3.13. The molecule has 0 saturated heterocycles. The molecule has 1 unspecified atom stereocenters. The van der Waals surface area contributed by atoms with E-state index in [-0.39, 0.29) is 5.54 Å². The molecule has 1 atom stereocenters. The van der Waals surface area contributed by atoms with E-state index in [0.717, 1.165) is 31.4 Å². The Labute approximate surface area is 103 Å². The van der Waals surface area contributed by atoms with E-state index in [1.54, 1.807) is 0 Å². The van der Waals surface area contributed by atoms with Crippen molar-refractivity contribution >= 4 is 0 Å². The van der Waals surface area contributed by atoms with Crippen LogP contribution in [0.1, 0.15) is 50.2 Å². The molecule has 1 aliphatic heterocycles. The highest BCUT2D eigenvalue weighted by atomic mass is 16.5. The summed E-state index contributed by atoms with van der Waals surface area (Å²) in [5.41, 5.74) is 9.00. The second-order valence-electron chi connectivity index (χ2n) is 5.65. The Bertz CT molecular complexity index is 421. The Balaban J connectivity index is 1.94. The van der Waals surface area contributed by atoms with Gasteiger partial charge in [0.1, 0.15) is 5.75 Å². The molecular formula is C15H21NO. The van der Waals surface area contributed by atoms with E-state index in [9.17, 15) is 0 Å². The van der Waals surface area contributed by atoms with Crippen molar-refractivity contribution in [3.63, 3.8) is 0 Å². The maximum absolute atomic E-state index is 6.49. The third-order valence-corrected chi connectivity index (χ3v) is 4.29. The lowest BCUT2D eigenvalue weighted by molar-refractivity contribution is 0.192. The predicted molar refractivity (Wildman–Crippen MR) is 69.2 cm³/mol. The number of hydrogen-bond donors (Lipinski definition) is 1. The van der Waals surface area contributed by atoms with Crippen molar-refractivity contribution in [2.45, 2.75) is 57.1 Å². The first-order valence-corrected chi connectivity index (χ1v) is 6.76. The SMILES string of the molecule is CC1CCc2ccc(C3(N)CCCC3)cc2O1. The molecule has 1 fully saturated rings. The molecule has 0 spiro atoms. The van der Waals surface area contributed by atoms with Gasteiger partial charge < -0.3 is 10.5 Å². The normalized spacial score (nSPS) is 26.4. The van der Waals surface area contributed by atoms with Crippen molar-refractivity contribution in [3.8, 4) is 5.75 Å². The minimum absolute atomic E-state index is 0.0981. The smallest absolute Gasteiger partial charge is 0.123 e. The van der Waals surface area contributed by atoms with Crippen molar-refractivity contribution < 1.29 is 4.74 Å². The number of nitrogens with two attached hydrogens (primary N) is 1. The van der Waals surface area contributed by atoms with Crippen LogP contribution in [-0.4, -0.2) is 6.10 Å². The largest absolute Gasteiger partial charge is 0.490 e. The van der Waals surface area contributed by atoms with Crippen molar-refractivity contribution in [3.05, 3.63) is 29.3 Å². The van der Waals surface area contributed by atoms with Crippen LogP contribution < -0.4 is 10.5 Å². The molecule has 0 bridgehead atoms. The Morgan fingerprint density at radius 1 is 1.29 bits per heavy atom. The zero-order valence-electron chi connectivity index (χ0n) is 10.5. The van der Waals surface area contributed by atoms with E-state index in [1.807, 2.05) is 0 Å². The van der Waals surface area contributed by atoms with Crippen LogP contribution in [0.2, 0.25) is 0 Å². The van der Waals surface area contributed by atoms with Crippen LogP contribution in [0.25, 0.3) is 0 Å². The minimum Gasteiger partial charge on any atom is -0.490 e. The van der Waals surface area contributed by atoms with Crippen molar-refractivity contribution in [1.29, 1.82) is 0 Å². The zero-order chi connectivity index (χ0) is 11.9. The molecule has 17 heavy (non-hydrogen) atoms. The van der Waals surface area contributed by atoms with Crippen LogP contribution in [0.15, 0.2) is 18.2 Å². The number of benzene rings is 1. The fourth-order valence-corrected chi connectivity index (χ4v) is 3.11. The van der Waals surface area contributed by atoms with Gasteiger partial charge in [0.15, 0.2) is 0 Å². The second-order valence-corrected chi connectivity index (χ2v) is 5.65. The lowest BCUT2D eigenvalue weighted by atomic mass is 9.87. The molecule has 3 rings (SSSR count). The van der Waals surface area contributed by atoms with Crippen molar-refractivity contribution in [2.75, 3.05) is 0 Å². The Morgan fingerprint density at radius 2 is 2.06 bits per heavy atom. The molecule has 2 heteroatoms. The number of hydrogen-bond acceptors (Lipinski definition) is 2. The summed E-state index contributed by atoms with van der Waals surface area (Å²) >= 11 is 0. The number of ether oxygens (including phenoxy) is 1. The highest BCUT2D eigenvalue weighted by Gasteiger charge is 2.32. The van der Waals surface area contributed by atoms with Gasteiger partial charge >= 0.3 is 0 Å². The van der Waals surface area contributed by atoms with E-state index >= 15 is 0 Å². The Hall–Kier alpha value is -1.02. The fraction of sp³-hybridized carbons (Fsp3) is 0.600. The highest BCUT2D eigenvalue weighted by molar-refractivity contribution is 5.42. The van der Waals surface area contributed by atoms with E-state index in [4.69, 9.17) is 10.5 Å². The molecular weight excluding hydrogens is 210 g/mol. The molecule has 2 aliphatic rings. The third kappa shape index (κ3) is 1.95. The molecule has 1 heterocycles. The van der Waals surface area contributed by atoms with Gasteiger partial charge in [-0.2, -0.15) is 0 Å². The summed E-state index contributed by atoms with van der Waals surface area (Å²) in [6, 6.07) is 6.61. The first-order chi connectivity index (χ1) is 8.17. The highest BCUT2D eigenvalue weighted by Crippen LogP contribution is 2.39. The molecule has 0 aromatic heterocycles. The summed E-state index contributed by atoms with van der Waals surface area (Å²) in [5.74, 6) is 1.07. The van der Waals surface area contributed by atoms with E-state index in [2.05, 4.69) is 25.1 Å². The molecule has 1 saturated carbocycles. The van der Waals surface area contributed by atoms with E-state index in [1.165, 1.54) is 24.0 Å². The molecule has 0 radical (unpaired) electrons. The quantitative estimate of drug-likeness (QED) is 0.806.